The van der Waals surface area contributed by atoms with Gasteiger partial charge in [0.05, 0.1) is 21.7 Å². The summed E-state index contributed by atoms with van der Waals surface area (Å²) >= 11 is 6.03. The number of benzene rings is 2. The fourth-order valence-corrected chi connectivity index (χ4v) is 2.64. The van der Waals surface area contributed by atoms with E-state index in [9.17, 15) is 14.4 Å². The molecule has 0 bridgehead atoms. The zero-order valence-corrected chi connectivity index (χ0v) is 13.6. The minimum Gasteiger partial charge on any atom is -0.333 e. The Morgan fingerprint density at radius 1 is 0.962 bits per heavy atom. The lowest BCUT2D eigenvalue weighted by atomic mass is 10.1. The topological polar surface area (TPSA) is 103 Å². The van der Waals surface area contributed by atoms with E-state index in [1.54, 1.807) is 36.4 Å². The number of imide groups is 1. The smallest absolute Gasteiger partial charge is 0.333 e. The van der Waals surface area contributed by atoms with E-state index in [1.165, 1.54) is 12.1 Å². The zero-order valence-electron chi connectivity index (χ0n) is 12.9. The second-order valence-corrected chi connectivity index (χ2v) is 5.64. The molecule has 2 aromatic carbocycles. The molecule has 0 atom stereocenters. The highest BCUT2D eigenvalue weighted by atomic mass is 35.5. The molecule has 2 heterocycles. The molecule has 1 aliphatic rings. The van der Waals surface area contributed by atoms with Gasteiger partial charge in [-0.05, 0) is 29.4 Å². The summed E-state index contributed by atoms with van der Waals surface area (Å²) in [5.41, 5.74) is 0.729. The molecule has 0 unspecified atom stereocenters. The molecule has 26 heavy (non-hydrogen) atoms. The van der Waals surface area contributed by atoms with Crippen LogP contribution in [0.5, 0.6) is 0 Å². The van der Waals surface area contributed by atoms with Gasteiger partial charge >= 0.3 is 5.97 Å². The number of carbonyl (C=O) groups is 3. The molecule has 9 heteroatoms. The molecule has 0 saturated heterocycles. The average molecular weight is 370 g/mol. The molecule has 0 aliphatic carbocycles. The van der Waals surface area contributed by atoms with Gasteiger partial charge in [0.25, 0.3) is 23.5 Å². The van der Waals surface area contributed by atoms with Crippen LogP contribution in [0.2, 0.25) is 5.02 Å². The summed E-state index contributed by atoms with van der Waals surface area (Å²) in [6, 6.07) is 12.8. The third-order valence-electron chi connectivity index (χ3n) is 3.64. The highest BCUT2D eigenvalue weighted by Gasteiger charge is 2.39. The number of halogens is 1. The third-order valence-corrected chi connectivity index (χ3v) is 3.97. The van der Waals surface area contributed by atoms with Gasteiger partial charge in [-0.25, -0.2) is 4.79 Å². The second-order valence-electron chi connectivity index (χ2n) is 5.23. The highest BCUT2D eigenvalue weighted by Crippen LogP contribution is 2.26. The fraction of sp³-hybridized carbons (Fsp3) is 0. The number of hydrogen-bond donors (Lipinski definition) is 0. The number of nitrogens with zero attached hydrogens (tertiary/aromatic N) is 3. The number of rotatable bonds is 3. The van der Waals surface area contributed by atoms with Crippen molar-refractivity contribution in [2.45, 2.75) is 0 Å². The Labute approximate surface area is 150 Å². The molecule has 2 amide bonds. The van der Waals surface area contributed by atoms with Crippen LogP contribution >= 0.6 is 11.6 Å². The Balaban J connectivity index is 1.56. The number of hydrogen-bond acceptors (Lipinski definition) is 7. The predicted molar refractivity (Wildman–Crippen MR) is 87.1 cm³/mol. The maximum absolute atomic E-state index is 12.2. The Kier molecular flexibility index (Phi) is 3.74. The van der Waals surface area contributed by atoms with Crippen LogP contribution < -0.4 is 0 Å². The van der Waals surface area contributed by atoms with Crippen LogP contribution in [0.4, 0.5) is 0 Å². The van der Waals surface area contributed by atoms with Crippen LogP contribution in [0.1, 0.15) is 31.3 Å². The standard InChI is InChI=1S/C17H8ClN3O5/c18-12-8-4-3-7-11(12)14-19-13(20-25-14)17(24)26-21-15(22)9-5-1-2-6-10(9)16(21)23/h1-8H. The summed E-state index contributed by atoms with van der Waals surface area (Å²) in [4.78, 5) is 45.3. The average Bonchev–Trinajstić information content (AvgIpc) is 3.23. The van der Waals surface area contributed by atoms with Crippen molar-refractivity contribution in [2.75, 3.05) is 0 Å². The lowest BCUT2D eigenvalue weighted by Crippen LogP contribution is -2.33. The van der Waals surface area contributed by atoms with Gasteiger partial charge in [0.15, 0.2) is 0 Å². The monoisotopic (exact) mass is 369 g/mol. The molecule has 128 valence electrons. The van der Waals surface area contributed by atoms with E-state index < -0.39 is 23.6 Å². The normalized spacial score (nSPS) is 13.0. The summed E-state index contributed by atoms with van der Waals surface area (Å²) in [7, 11) is 0. The van der Waals surface area contributed by atoms with Crippen LogP contribution in [0.25, 0.3) is 11.5 Å². The molecule has 0 saturated carbocycles. The predicted octanol–water partition coefficient (Wildman–Crippen LogP) is 2.76. The van der Waals surface area contributed by atoms with Crippen LogP contribution in [0.15, 0.2) is 53.1 Å². The largest absolute Gasteiger partial charge is 0.404 e. The van der Waals surface area contributed by atoms with Crippen molar-refractivity contribution in [1.82, 2.24) is 15.2 Å². The van der Waals surface area contributed by atoms with Gasteiger partial charge in [0, 0.05) is 0 Å². The van der Waals surface area contributed by atoms with Crippen molar-refractivity contribution >= 4 is 29.4 Å². The number of hydroxylamine groups is 2. The zero-order chi connectivity index (χ0) is 18.3. The summed E-state index contributed by atoms with van der Waals surface area (Å²) in [5, 5.41) is 4.24. The molecule has 1 aliphatic heterocycles. The summed E-state index contributed by atoms with van der Waals surface area (Å²) in [5.74, 6) is -3.04. The van der Waals surface area contributed by atoms with Gasteiger partial charge in [0.2, 0.25) is 0 Å². The number of amides is 2. The third kappa shape index (κ3) is 2.52. The quantitative estimate of drug-likeness (QED) is 0.654. The van der Waals surface area contributed by atoms with E-state index in [2.05, 4.69) is 10.1 Å². The van der Waals surface area contributed by atoms with Crippen molar-refractivity contribution in [3.8, 4) is 11.5 Å². The number of fused-ring (bicyclic) bond motifs is 1. The SMILES string of the molecule is O=C(ON1C(=O)c2ccccc2C1=O)c1noc(-c2ccccc2Cl)n1. The van der Waals surface area contributed by atoms with Crippen molar-refractivity contribution < 1.29 is 23.7 Å². The Morgan fingerprint density at radius 2 is 1.54 bits per heavy atom. The first-order valence-electron chi connectivity index (χ1n) is 7.35. The number of carbonyl (C=O) groups excluding carboxylic acids is 3. The Bertz CT molecular complexity index is 1030. The molecule has 3 aromatic rings. The van der Waals surface area contributed by atoms with E-state index in [4.69, 9.17) is 21.0 Å². The van der Waals surface area contributed by atoms with Crippen molar-refractivity contribution in [2.24, 2.45) is 0 Å². The van der Waals surface area contributed by atoms with Crippen molar-refractivity contribution in [1.29, 1.82) is 0 Å². The maximum atomic E-state index is 12.2. The molecule has 0 N–H and O–H groups in total. The highest BCUT2D eigenvalue weighted by molar-refractivity contribution is 6.33. The summed E-state index contributed by atoms with van der Waals surface area (Å²) in [6.45, 7) is 0. The second kappa shape index (κ2) is 6.08. The Hall–Kier alpha value is -3.52. The van der Waals surface area contributed by atoms with E-state index in [0.717, 1.165) is 0 Å². The van der Waals surface area contributed by atoms with Gasteiger partial charge < -0.3 is 9.36 Å². The summed E-state index contributed by atoms with van der Waals surface area (Å²) in [6.07, 6.45) is 0. The Morgan fingerprint density at radius 3 is 2.15 bits per heavy atom. The lowest BCUT2D eigenvalue weighted by Gasteiger charge is -2.10. The molecular formula is C17H8ClN3O5. The first kappa shape index (κ1) is 16.0. The van der Waals surface area contributed by atoms with Gasteiger partial charge in [-0.2, -0.15) is 4.98 Å². The van der Waals surface area contributed by atoms with Crippen LogP contribution in [0, 0.1) is 0 Å². The minimum absolute atomic E-state index is 0.00455. The van der Waals surface area contributed by atoms with Gasteiger partial charge in [-0.15, -0.1) is 0 Å². The minimum atomic E-state index is -1.11. The maximum Gasteiger partial charge on any atom is 0.404 e. The fourth-order valence-electron chi connectivity index (χ4n) is 2.42. The van der Waals surface area contributed by atoms with Gasteiger partial charge in [-0.3, -0.25) is 9.59 Å². The first-order valence-corrected chi connectivity index (χ1v) is 7.73. The van der Waals surface area contributed by atoms with Gasteiger partial charge in [0.1, 0.15) is 0 Å². The van der Waals surface area contributed by atoms with Crippen LogP contribution in [-0.4, -0.2) is 33.0 Å². The molecule has 4 rings (SSSR count). The van der Waals surface area contributed by atoms with Crippen LogP contribution in [0.3, 0.4) is 0 Å². The summed E-state index contributed by atoms with van der Waals surface area (Å²) < 4.78 is 5.00. The van der Waals surface area contributed by atoms with E-state index in [1.807, 2.05) is 0 Å². The molecule has 8 nitrogen and oxygen atoms in total. The van der Waals surface area contributed by atoms with Crippen molar-refractivity contribution in [3.63, 3.8) is 0 Å². The molecule has 1 aromatic heterocycles. The van der Waals surface area contributed by atoms with Gasteiger partial charge in [-0.1, -0.05) is 40.9 Å². The lowest BCUT2D eigenvalue weighted by molar-refractivity contribution is -0.0594. The van der Waals surface area contributed by atoms with Crippen LogP contribution in [-0.2, 0) is 4.84 Å². The van der Waals surface area contributed by atoms with E-state index in [-0.39, 0.29) is 17.0 Å². The molecule has 0 fully saturated rings. The van der Waals surface area contributed by atoms with E-state index in [0.29, 0.717) is 15.6 Å². The molecular weight excluding hydrogens is 362 g/mol. The molecule has 0 radical (unpaired) electrons. The first-order chi connectivity index (χ1) is 12.6. The van der Waals surface area contributed by atoms with E-state index >= 15 is 0 Å². The molecule has 0 spiro atoms. The van der Waals surface area contributed by atoms with Crippen molar-refractivity contribution in [3.05, 3.63) is 70.5 Å². The number of aromatic nitrogens is 2.